The molecule has 1 amide bonds. The van der Waals surface area contributed by atoms with Gasteiger partial charge in [0.1, 0.15) is 6.04 Å². The molecule has 1 heterocycles. The number of nitrogens with one attached hydrogen (secondary N) is 2. The minimum atomic E-state index is -4.12. The van der Waals surface area contributed by atoms with Crippen molar-refractivity contribution in [2.75, 3.05) is 0 Å². The number of amides is 1. The van der Waals surface area contributed by atoms with Gasteiger partial charge in [0.2, 0.25) is 15.9 Å². The Morgan fingerprint density at radius 3 is 2.59 bits per heavy atom. The molecule has 0 bridgehead atoms. The van der Waals surface area contributed by atoms with Crippen LogP contribution in [0.1, 0.15) is 19.4 Å². The molecular formula is C17H20N4O5S. The van der Waals surface area contributed by atoms with E-state index in [1.807, 2.05) is 0 Å². The summed E-state index contributed by atoms with van der Waals surface area (Å²) in [6.45, 7) is 3.60. The zero-order valence-electron chi connectivity index (χ0n) is 14.8. The molecule has 27 heavy (non-hydrogen) atoms. The highest BCUT2D eigenvalue weighted by Gasteiger charge is 2.29. The Morgan fingerprint density at radius 1 is 1.26 bits per heavy atom. The van der Waals surface area contributed by atoms with Crippen molar-refractivity contribution < 1.29 is 18.1 Å². The van der Waals surface area contributed by atoms with E-state index in [1.165, 1.54) is 18.2 Å². The van der Waals surface area contributed by atoms with E-state index in [2.05, 4.69) is 15.0 Å². The minimum absolute atomic E-state index is 0.203. The van der Waals surface area contributed by atoms with Gasteiger partial charge < -0.3 is 5.32 Å². The maximum absolute atomic E-state index is 12.6. The second kappa shape index (κ2) is 8.69. The molecule has 1 aromatic heterocycles. The zero-order valence-corrected chi connectivity index (χ0v) is 15.6. The van der Waals surface area contributed by atoms with Gasteiger partial charge in [-0.3, -0.25) is 19.9 Å². The lowest BCUT2D eigenvalue weighted by Gasteiger charge is -2.21. The van der Waals surface area contributed by atoms with Crippen LogP contribution in [0.5, 0.6) is 0 Å². The lowest BCUT2D eigenvalue weighted by Crippen LogP contribution is -2.49. The number of nitrogens with zero attached hydrogens (tertiary/aromatic N) is 2. The number of non-ortho nitro benzene ring substituents is 1. The molecule has 2 rings (SSSR count). The van der Waals surface area contributed by atoms with Crippen LogP contribution in [0.2, 0.25) is 0 Å². The highest BCUT2D eigenvalue weighted by atomic mass is 32.2. The van der Waals surface area contributed by atoms with Crippen molar-refractivity contribution in [3.05, 3.63) is 64.5 Å². The Kier molecular flexibility index (Phi) is 6.59. The molecule has 1 atom stereocenters. The largest absolute Gasteiger partial charge is 0.351 e. The Hall–Kier alpha value is -2.85. The molecule has 144 valence electrons. The van der Waals surface area contributed by atoms with Crippen molar-refractivity contribution in [1.29, 1.82) is 0 Å². The summed E-state index contributed by atoms with van der Waals surface area (Å²) < 4.78 is 27.5. The van der Waals surface area contributed by atoms with Crippen molar-refractivity contribution in [2.45, 2.75) is 31.3 Å². The molecule has 0 fully saturated rings. The van der Waals surface area contributed by atoms with Crippen LogP contribution in [0.25, 0.3) is 0 Å². The third kappa shape index (κ3) is 5.56. The molecule has 0 radical (unpaired) electrons. The summed E-state index contributed by atoms with van der Waals surface area (Å²) in [5, 5.41) is 13.5. The minimum Gasteiger partial charge on any atom is -0.351 e. The molecule has 9 nitrogen and oxygen atoms in total. The predicted molar refractivity (Wildman–Crippen MR) is 98.1 cm³/mol. The summed E-state index contributed by atoms with van der Waals surface area (Å²) in [7, 11) is -4.12. The van der Waals surface area contributed by atoms with Gasteiger partial charge in [-0.15, -0.1) is 0 Å². The Balaban J connectivity index is 2.15. The predicted octanol–water partition coefficient (Wildman–Crippen LogP) is 1.61. The summed E-state index contributed by atoms with van der Waals surface area (Å²) in [6.07, 6.45) is 3.20. The number of nitro groups is 1. The first-order valence-corrected chi connectivity index (χ1v) is 9.62. The Bertz CT molecular complexity index is 916. The topological polar surface area (TPSA) is 131 Å². The molecule has 0 saturated heterocycles. The van der Waals surface area contributed by atoms with Crippen molar-refractivity contribution in [1.82, 2.24) is 15.0 Å². The van der Waals surface area contributed by atoms with Gasteiger partial charge in [0, 0.05) is 31.1 Å². The van der Waals surface area contributed by atoms with Crippen molar-refractivity contribution in [2.24, 2.45) is 5.92 Å². The van der Waals surface area contributed by atoms with Crippen LogP contribution in [-0.4, -0.2) is 30.3 Å². The third-order valence-electron chi connectivity index (χ3n) is 3.76. The number of nitro benzene ring substituents is 1. The summed E-state index contributed by atoms with van der Waals surface area (Å²) in [4.78, 5) is 26.3. The van der Waals surface area contributed by atoms with Gasteiger partial charge in [-0.1, -0.05) is 26.0 Å². The zero-order chi connectivity index (χ0) is 20.0. The number of sulfonamides is 1. The van der Waals surface area contributed by atoms with E-state index < -0.39 is 26.9 Å². The van der Waals surface area contributed by atoms with E-state index in [9.17, 15) is 23.3 Å². The smallest absolute Gasteiger partial charge is 0.270 e. The molecule has 2 aromatic rings. The van der Waals surface area contributed by atoms with E-state index in [4.69, 9.17) is 0 Å². The van der Waals surface area contributed by atoms with Gasteiger partial charge in [-0.05, 0) is 23.6 Å². The van der Waals surface area contributed by atoms with Crippen LogP contribution < -0.4 is 10.0 Å². The molecule has 2 N–H and O–H groups in total. The highest BCUT2D eigenvalue weighted by Crippen LogP contribution is 2.18. The summed E-state index contributed by atoms with van der Waals surface area (Å²) in [5.41, 5.74) is 0.426. The number of carbonyl (C=O) groups is 1. The van der Waals surface area contributed by atoms with Crippen molar-refractivity contribution in [3.63, 3.8) is 0 Å². The van der Waals surface area contributed by atoms with Crippen LogP contribution in [0, 0.1) is 16.0 Å². The molecule has 0 unspecified atom stereocenters. The van der Waals surface area contributed by atoms with Crippen LogP contribution in [-0.2, 0) is 21.4 Å². The van der Waals surface area contributed by atoms with Crippen molar-refractivity contribution in [3.8, 4) is 0 Å². The van der Waals surface area contributed by atoms with E-state index in [1.54, 1.807) is 38.4 Å². The van der Waals surface area contributed by atoms with E-state index in [0.717, 1.165) is 11.6 Å². The van der Waals surface area contributed by atoms with Gasteiger partial charge in [-0.25, -0.2) is 8.42 Å². The Labute approximate surface area is 157 Å². The SMILES string of the molecule is CC(C)[C@@H](NS(=O)(=O)c1cccc([N+](=O)[O-])c1)C(=O)NCc1cccnc1. The van der Waals surface area contributed by atoms with Gasteiger partial charge >= 0.3 is 0 Å². The average Bonchev–Trinajstić information content (AvgIpc) is 2.65. The van der Waals surface area contributed by atoms with E-state index >= 15 is 0 Å². The molecule has 10 heteroatoms. The highest BCUT2D eigenvalue weighted by molar-refractivity contribution is 7.89. The molecule has 1 aromatic carbocycles. The molecule has 0 aliphatic heterocycles. The van der Waals surface area contributed by atoms with Crippen LogP contribution in [0.15, 0.2) is 53.7 Å². The summed E-state index contributed by atoms with van der Waals surface area (Å²) in [5.74, 6) is -0.838. The van der Waals surface area contributed by atoms with Gasteiger partial charge in [0.25, 0.3) is 5.69 Å². The summed E-state index contributed by atoms with van der Waals surface area (Å²) >= 11 is 0. The molecule has 0 spiro atoms. The first-order valence-electron chi connectivity index (χ1n) is 8.14. The van der Waals surface area contributed by atoms with Gasteiger partial charge in [0.05, 0.1) is 9.82 Å². The second-order valence-electron chi connectivity index (χ2n) is 6.18. The fourth-order valence-corrected chi connectivity index (χ4v) is 3.68. The van der Waals surface area contributed by atoms with E-state index in [0.29, 0.717) is 0 Å². The number of hydrogen-bond acceptors (Lipinski definition) is 6. The number of benzene rings is 1. The summed E-state index contributed by atoms with van der Waals surface area (Å²) in [6, 6.07) is 7.13. The Morgan fingerprint density at radius 2 is 2.00 bits per heavy atom. The molecule has 0 aliphatic carbocycles. The number of carbonyl (C=O) groups excluding carboxylic acids is 1. The number of hydrogen-bond donors (Lipinski definition) is 2. The number of pyridine rings is 1. The van der Waals surface area contributed by atoms with Crippen LogP contribution >= 0.6 is 0 Å². The normalized spacial score (nSPS) is 12.6. The van der Waals surface area contributed by atoms with Crippen molar-refractivity contribution >= 4 is 21.6 Å². The quantitative estimate of drug-likeness (QED) is 0.518. The first kappa shape index (κ1) is 20.5. The number of rotatable bonds is 8. The van der Waals surface area contributed by atoms with Crippen LogP contribution in [0.3, 0.4) is 0 Å². The average molecular weight is 392 g/mol. The lowest BCUT2D eigenvalue weighted by atomic mass is 10.0. The lowest BCUT2D eigenvalue weighted by molar-refractivity contribution is -0.385. The molecular weight excluding hydrogens is 372 g/mol. The van der Waals surface area contributed by atoms with Gasteiger partial charge in [-0.2, -0.15) is 4.72 Å². The number of aromatic nitrogens is 1. The fourth-order valence-electron chi connectivity index (χ4n) is 2.29. The monoisotopic (exact) mass is 392 g/mol. The second-order valence-corrected chi connectivity index (χ2v) is 7.89. The maximum Gasteiger partial charge on any atom is 0.270 e. The third-order valence-corrected chi connectivity index (χ3v) is 5.20. The van der Waals surface area contributed by atoms with Crippen LogP contribution in [0.4, 0.5) is 5.69 Å². The first-order chi connectivity index (χ1) is 12.7. The fraction of sp³-hybridized carbons (Fsp3) is 0.294. The standard InChI is InChI=1S/C17H20N4O5S/c1-12(2)16(17(22)19-11-13-5-4-8-18-10-13)20-27(25,26)15-7-3-6-14(9-15)21(23)24/h3-10,12,16,20H,11H2,1-2H3,(H,19,22)/t16-/m1/s1. The maximum atomic E-state index is 12.6. The van der Waals surface area contributed by atoms with E-state index in [-0.39, 0.29) is 23.0 Å². The van der Waals surface area contributed by atoms with Gasteiger partial charge in [0.15, 0.2) is 0 Å². The molecule has 0 saturated carbocycles. The molecule has 0 aliphatic rings.